The number of fused-ring (bicyclic) bond motifs is 1. The van der Waals surface area contributed by atoms with Crippen molar-refractivity contribution in [3.8, 4) is 0 Å². The smallest absolute Gasteiger partial charge is 0.276 e. The number of aryl methyl sites for hydroxylation is 1. The molecular formula is C18H17Cl2N7O4S4. The fourth-order valence-corrected chi connectivity index (χ4v) is 7.01. The van der Waals surface area contributed by atoms with Gasteiger partial charge in [-0.25, -0.2) is 4.98 Å². The van der Waals surface area contributed by atoms with Crippen molar-refractivity contribution in [2.24, 2.45) is 5.16 Å². The van der Waals surface area contributed by atoms with E-state index in [1.807, 2.05) is 13.1 Å². The summed E-state index contributed by atoms with van der Waals surface area (Å²) in [5.41, 5.74) is 1.12. The molecule has 0 saturated carbocycles. The summed E-state index contributed by atoms with van der Waals surface area (Å²) in [6.45, 7) is 1.90. The van der Waals surface area contributed by atoms with E-state index in [4.69, 9.17) is 28.0 Å². The van der Waals surface area contributed by atoms with Crippen LogP contribution < -0.4 is 10.6 Å². The summed E-state index contributed by atoms with van der Waals surface area (Å²) < 4.78 is 0.885. The summed E-state index contributed by atoms with van der Waals surface area (Å²) in [4.78, 5) is 46.6. The molecule has 4 heterocycles. The van der Waals surface area contributed by atoms with Crippen LogP contribution in [0.1, 0.15) is 10.7 Å². The van der Waals surface area contributed by atoms with Crippen LogP contribution in [0.4, 0.5) is 5.13 Å². The van der Waals surface area contributed by atoms with Gasteiger partial charge < -0.3 is 15.1 Å². The van der Waals surface area contributed by atoms with E-state index in [9.17, 15) is 14.4 Å². The number of nitrogens with zero attached hydrogens (tertiary/aromatic N) is 5. The number of rotatable bonds is 9. The van der Waals surface area contributed by atoms with Crippen molar-refractivity contribution < 1.29 is 19.2 Å². The number of hydrogen-bond acceptors (Lipinski definition) is 12. The largest absolute Gasteiger partial charge is 0.398 e. The molecule has 4 rings (SSSR count). The van der Waals surface area contributed by atoms with Crippen molar-refractivity contribution in [2.75, 3.05) is 23.9 Å². The summed E-state index contributed by atoms with van der Waals surface area (Å²) in [6, 6.07) is -0.711. The van der Waals surface area contributed by atoms with Crippen molar-refractivity contribution in [1.82, 2.24) is 25.4 Å². The van der Waals surface area contributed by atoms with Gasteiger partial charge in [-0.2, -0.15) is 0 Å². The lowest BCUT2D eigenvalue weighted by molar-refractivity contribution is -0.143. The predicted octanol–water partition coefficient (Wildman–Crippen LogP) is 2.47. The molecule has 2 aliphatic heterocycles. The Balaban J connectivity index is 1.37. The maximum Gasteiger partial charge on any atom is 0.276 e. The van der Waals surface area contributed by atoms with Crippen molar-refractivity contribution in [3.05, 3.63) is 27.9 Å². The van der Waals surface area contributed by atoms with Crippen molar-refractivity contribution in [1.29, 1.82) is 0 Å². The average Bonchev–Trinajstić information content (AvgIpc) is 3.47. The second-order valence-electron chi connectivity index (χ2n) is 7.01. The zero-order valence-electron chi connectivity index (χ0n) is 18.1. The van der Waals surface area contributed by atoms with Gasteiger partial charge in [-0.3, -0.25) is 19.7 Å². The van der Waals surface area contributed by atoms with E-state index in [2.05, 4.69) is 31.0 Å². The highest BCUT2D eigenvalue weighted by Gasteiger charge is 2.49. The molecule has 1 fully saturated rings. The fraction of sp³-hybridized carbons (Fsp3) is 0.389. The van der Waals surface area contributed by atoms with Gasteiger partial charge in [-0.15, -0.1) is 33.3 Å². The van der Waals surface area contributed by atoms with E-state index < -0.39 is 22.7 Å². The minimum Gasteiger partial charge on any atom is -0.398 e. The molecule has 0 radical (unpaired) electrons. The molecule has 2 aromatic heterocycles. The highest BCUT2D eigenvalue weighted by molar-refractivity contribution is 8.01. The highest BCUT2D eigenvalue weighted by Crippen LogP contribution is 2.37. The van der Waals surface area contributed by atoms with Crippen LogP contribution in [0, 0.1) is 6.92 Å². The van der Waals surface area contributed by atoms with E-state index in [-0.39, 0.29) is 27.8 Å². The number of thiazole rings is 1. The van der Waals surface area contributed by atoms with Gasteiger partial charge in [0.05, 0.1) is 0 Å². The number of halogens is 2. The third-order valence-corrected chi connectivity index (χ3v) is 9.20. The molecule has 2 aromatic rings. The molecule has 35 heavy (non-hydrogen) atoms. The Morgan fingerprint density at radius 2 is 2.20 bits per heavy atom. The number of aromatic nitrogens is 3. The molecule has 11 nitrogen and oxygen atoms in total. The SMILES string of the molecule is CO/N=C(\C(=O)N[C@@H]1C(=O)N2C=C(CSc3nnc(C)s3)CS[C@@H]12)c1csc(NC(=O)C(Cl)Cl)n1. The maximum atomic E-state index is 12.9. The number of amides is 3. The number of carbonyl (C=O) groups is 3. The third kappa shape index (κ3) is 6.09. The lowest BCUT2D eigenvalue weighted by Gasteiger charge is -2.47. The van der Waals surface area contributed by atoms with E-state index in [0.717, 1.165) is 32.0 Å². The summed E-state index contributed by atoms with van der Waals surface area (Å²) in [7, 11) is 1.29. The predicted molar refractivity (Wildman–Crippen MR) is 138 cm³/mol. The molecule has 2 N–H and O–H groups in total. The first-order valence-corrected chi connectivity index (χ1v) is 14.4. The average molecular weight is 595 g/mol. The van der Waals surface area contributed by atoms with Gasteiger partial charge in [0, 0.05) is 23.1 Å². The van der Waals surface area contributed by atoms with Gasteiger partial charge in [0.2, 0.25) is 0 Å². The minimum atomic E-state index is -1.26. The standard InChI is InChI=1S/C18H17Cl2N7O4S4/c1-7-24-25-18(35-7)34-5-8-3-27-15(30)11(16(27)32-4-8)22-13(28)10(26-31-2)9-6-33-17(21-9)23-14(29)12(19)20/h3,6,11-12,16H,4-5H2,1-2H3,(H,22,28)(H,21,23,29)/b26-10-/t11-,16+/m1/s1. The van der Waals surface area contributed by atoms with Gasteiger partial charge in [0.1, 0.15) is 29.2 Å². The second-order valence-corrected chi connectivity index (χ2v) is 12.5. The molecule has 186 valence electrons. The maximum absolute atomic E-state index is 12.9. The number of β-lactam (4-membered cyclic amide) rings is 1. The Bertz CT molecular complexity index is 1200. The van der Waals surface area contributed by atoms with Crippen LogP contribution in [0.5, 0.6) is 0 Å². The molecule has 17 heteroatoms. The summed E-state index contributed by atoms with van der Waals surface area (Å²) in [6.07, 6.45) is 1.84. The Morgan fingerprint density at radius 1 is 1.40 bits per heavy atom. The van der Waals surface area contributed by atoms with Crippen LogP contribution in [-0.4, -0.2) is 78.4 Å². The Kier molecular flexibility index (Phi) is 8.54. The van der Waals surface area contributed by atoms with E-state index >= 15 is 0 Å². The van der Waals surface area contributed by atoms with Gasteiger partial charge in [-0.05, 0) is 12.5 Å². The highest BCUT2D eigenvalue weighted by atomic mass is 35.5. The zero-order valence-corrected chi connectivity index (χ0v) is 22.8. The number of hydrogen-bond donors (Lipinski definition) is 2. The molecule has 0 aromatic carbocycles. The molecule has 2 aliphatic rings. The lowest BCUT2D eigenvalue weighted by Crippen LogP contribution is -2.69. The van der Waals surface area contributed by atoms with Gasteiger partial charge in [0.15, 0.2) is 20.0 Å². The molecule has 3 amide bonds. The molecule has 0 spiro atoms. The quantitative estimate of drug-likeness (QED) is 0.147. The summed E-state index contributed by atoms with van der Waals surface area (Å²) in [5, 5.41) is 19.4. The molecule has 1 saturated heterocycles. The minimum absolute atomic E-state index is 0.135. The summed E-state index contributed by atoms with van der Waals surface area (Å²) >= 11 is 16.8. The van der Waals surface area contributed by atoms with Crippen molar-refractivity contribution in [2.45, 2.75) is 27.5 Å². The number of carbonyl (C=O) groups excluding carboxylic acids is 3. The first-order valence-electron chi connectivity index (χ1n) is 9.80. The number of alkyl halides is 2. The van der Waals surface area contributed by atoms with Gasteiger partial charge >= 0.3 is 0 Å². The molecular weight excluding hydrogens is 577 g/mol. The molecule has 0 aliphatic carbocycles. The van der Waals surface area contributed by atoms with Gasteiger partial charge in [0.25, 0.3) is 17.7 Å². The Hall–Kier alpha value is -1.91. The van der Waals surface area contributed by atoms with E-state index in [0.29, 0.717) is 5.75 Å². The monoisotopic (exact) mass is 593 g/mol. The zero-order chi connectivity index (χ0) is 25.1. The normalized spacial score (nSPS) is 19.7. The second kappa shape index (κ2) is 11.4. The summed E-state index contributed by atoms with van der Waals surface area (Å²) in [5.74, 6) is -0.0672. The van der Waals surface area contributed by atoms with Crippen LogP contribution in [0.2, 0.25) is 0 Å². The van der Waals surface area contributed by atoms with E-state index in [1.54, 1.807) is 28.4 Å². The Labute approximate surface area is 226 Å². The first-order chi connectivity index (χ1) is 16.8. The first kappa shape index (κ1) is 26.2. The van der Waals surface area contributed by atoms with Crippen LogP contribution in [0.25, 0.3) is 0 Å². The number of thioether (sulfide) groups is 2. The van der Waals surface area contributed by atoms with Crippen molar-refractivity contribution >= 4 is 98.0 Å². The number of nitrogens with one attached hydrogen (secondary N) is 2. The third-order valence-electron chi connectivity index (χ3n) is 4.59. The van der Waals surface area contributed by atoms with Crippen LogP contribution >= 0.6 is 69.4 Å². The molecule has 0 bridgehead atoms. The van der Waals surface area contributed by atoms with Gasteiger partial charge in [-0.1, -0.05) is 51.5 Å². The lowest BCUT2D eigenvalue weighted by atomic mass is 10.1. The van der Waals surface area contributed by atoms with Crippen LogP contribution in [0.15, 0.2) is 26.6 Å². The van der Waals surface area contributed by atoms with Crippen LogP contribution in [0.3, 0.4) is 0 Å². The number of oxime groups is 1. The molecule has 2 atom stereocenters. The van der Waals surface area contributed by atoms with E-state index in [1.165, 1.54) is 23.8 Å². The van der Waals surface area contributed by atoms with Crippen molar-refractivity contribution in [3.63, 3.8) is 0 Å². The number of anilines is 1. The molecule has 0 unspecified atom stereocenters. The topological polar surface area (TPSA) is 139 Å². The Morgan fingerprint density at radius 3 is 2.89 bits per heavy atom. The fourth-order valence-electron chi connectivity index (χ4n) is 3.03. The van der Waals surface area contributed by atoms with Crippen LogP contribution in [-0.2, 0) is 19.2 Å².